The lowest BCUT2D eigenvalue weighted by Crippen LogP contribution is -2.57. The van der Waals surface area contributed by atoms with Crippen molar-refractivity contribution in [2.45, 2.75) is 18.6 Å². The summed E-state index contributed by atoms with van der Waals surface area (Å²) in [4.78, 5) is 2.26. The van der Waals surface area contributed by atoms with Gasteiger partial charge in [0.1, 0.15) is 12.7 Å². The molecule has 0 aromatic heterocycles. The van der Waals surface area contributed by atoms with E-state index in [0.29, 0.717) is 18.9 Å². The fourth-order valence-electron chi connectivity index (χ4n) is 2.65. The maximum atomic E-state index is 10.5. The highest BCUT2D eigenvalue weighted by Gasteiger charge is 2.40. The molecule has 5 heteroatoms. The van der Waals surface area contributed by atoms with Crippen LogP contribution < -0.4 is 14.8 Å². The molecule has 5 nitrogen and oxygen atoms in total. The molecule has 2 atom stereocenters. The summed E-state index contributed by atoms with van der Waals surface area (Å²) in [6, 6.07) is 7.60. The van der Waals surface area contributed by atoms with Crippen LogP contribution in [0.3, 0.4) is 0 Å². The number of nitrogens with zero attached hydrogens (tertiary/aromatic N) is 1. The molecule has 3 rings (SSSR count). The smallest absolute Gasteiger partial charge is 0.167 e. The van der Waals surface area contributed by atoms with Crippen molar-refractivity contribution in [3.8, 4) is 11.5 Å². The van der Waals surface area contributed by atoms with Gasteiger partial charge in [0.05, 0.1) is 0 Å². The predicted molar refractivity (Wildman–Crippen MR) is 76.3 cm³/mol. The largest absolute Gasteiger partial charge is 0.485 e. The molecule has 0 aliphatic carbocycles. The Balaban J connectivity index is 1.66. The minimum atomic E-state index is -0.695. The first-order valence-electron chi connectivity index (χ1n) is 7.19. The summed E-state index contributed by atoms with van der Waals surface area (Å²) >= 11 is 0. The van der Waals surface area contributed by atoms with E-state index in [1.165, 1.54) is 0 Å². The van der Waals surface area contributed by atoms with Crippen molar-refractivity contribution in [1.29, 1.82) is 0 Å². The molecule has 0 amide bonds. The number of fused-ring (bicyclic) bond motifs is 1. The van der Waals surface area contributed by atoms with Crippen LogP contribution in [0.25, 0.3) is 0 Å². The van der Waals surface area contributed by atoms with Crippen molar-refractivity contribution in [3.63, 3.8) is 0 Å². The number of nitrogens with one attached hydrogen (secondary N) is 1. The fourth-order valence-corrected chi connectivity index (χ4v) is 2.65. The maximum Gasteiger partial charge on any atom is 0.167 e. The van der Waals surface area contributed by atoms with Gasteiger partial charge in [-0.2, -0.15) is 0 Å². The molecular formula is C15H22N2O3. The van der Waals surface area contributed by atoms with Gasteiger partial charge < -0.3 is 19.9 Å². The van der Waals surface area contributed by atoms with Crippen LogP contribution in [0.1, 0.15) is 6.92 Å². The normalized spacial score (nSPS) is 28.1. The van der Waals surface area contributed by atoms with Gasteiger partial charge in [-0.15, -0.1) is 0 Å². The summed E-state index contributed by atoms with van der Waals surface area (Å²) in [6.07, 6.45) is -0.575. The maximum absolute atomic E-state index is 10.5. The second-order valence-electron chi connectivity index (χ2n) is 5.72. The Hall–Kier alpha value is -1.30. The first-order chi connectivity index (χ1) is 9.67. The van der Waals surface area contributed by atoms with E-state index in [9.17, 15) is 5.11 Å². The molecule has 2 heterocycles. The molecule has 20 heavy (non-hydrogen) atoms. The van der Waals surface area contributed by atoms with Gasteiger partial charge in [0.2, 0.25) is 0 Å². The standard InChI is InChI=1S/C15H22N2O3/c1-15(14(18)10-17-8-6-16-7-9-17)11-19-12-4-2-3-5-13(12)20-15/h2-5,14,16,18H,6-11H2,1H3. The highest BCUT2D eigenvalue weighted by molar-refractivity contribution is 5.41. The van der Waals surface area contributed by atoms with Crippen LogP contribution in [0.5, 0.6) is 11.5 Å². The topological polar surface area (TPSA) is 54.0 Å². The molecule has 0 saturated carbocycles. The van der Waals surface area contributed by atoms with Gasteiger partial charge in [-0.1, -0.05) is 12.1 Å². The number of para-hydroxylation sites is 2. The number of piperazine rings is 1. The van der Waals surface area contributed by atoms with Gasteiger partial charge >= 0.3 is 0 Å². The molecule has 0 radical (unpaired) electrons. The van der Waals surface area contributed by atoms with Gasteiger partial charge in [0.25, 0.3) is 0 Å². The van der Waals surface area contributed by atoms with Crippen LogP contribution in [-0.2, 0) is 0 Å². The third kappa shape index (κ3) is 2.75. The number of aliphatic hydroxyl groups excluding tert-OH is 1. The zero-order valence-electron chi connectivity index (χ0n) is 11.8. The first kappa shape index (κ1) is 13.7. The van der Waals surface area contributed by atoms with E-state index in [4.69, 9.17) is 9.47 Å². The summed E-state index contributed by atoms with van der Waals surface area (Å²) in [5, 5.41) is 13.9. The summed E-state index contributed by atoms with van der Waals surface area (Å²) in [7, 11) is 0. The Labute approximate surface area is 119 Å². The van der Waals surface area contributed by atoms with Gasteiger partial charge in [-0.3, -0.25) is 4.90 Å². The lowest BCUT2D eigenvalue weighted by molar-refractivity contribution is -0.0941. The monoisotopic (exact) mass is 278 g/mol. The van der Waals surface area contributed by atoms with Gasteiger partial charge in [-0.05, 0) is 19.1 Å². The summed E-state index contributed by atoms with van der Waals surface area (Å²) < 4.78 is 11.7. The van der Waals surface area contributed by atoms with E-state index in [-0.39, 0.29) is 0 Å². The Kier molecular flexibility index (Phi) is 3.83. The van der Waals surface area contributed by atoms with E-state index in [1.807, 2.05) is 31.2 Å². The molecule has 2 unspecified atom stereocenters. The molecule has 110 valence electrons. The van der Waals surface area contributed by atoms with Crippen molar-refractivity contribution < 1.29 is 14.6 Å². The minimum absolute atomic E-state index is 0.372. The highest BCUT2D eigenvalue weighted by atomic mass is 16.6. The second kappa shape index (κ2) is 5.60. The van der Waals surface area contributed by atoms with E-state index in [1.54, 1.807) is 0 Å². The zero-order valence-corrected chi connectivity index (χ0v) is 11.8. The summed E-state index contributed by atoms with van der Waals surface area (Å²) in [5.74, 6) is 1.46. The van der Waals surface area contributed by atoms with Crippen molar-refractivity contribution in [2.24, 2.45) is 0 Å². The Morgan fingerprint density at radius 2 is 2.00 bits per heavy atom. The van der Waals surface area contributed by atoms with E-state index >= 15 is 0 Å². The van der Waals surface area contributed by atoms with Crippen LogP contribution in [0, 0.1) is 0 Å². The molecular weight excluding hydrogens is 256 g/mol. The van der Waals surface area contributed by atoms with Crippen LogP contribution in [0.15, 0.2) is 24.3 Å². The summed E-state index contributed by atoms with van der Waals surface area (Å²) in [5.41, 5.74) is -0.695. The third-order valence-electron chi connectivity index (χ3n) is 4.05. The quantitative estimate of drug-likeness (QED) is 0.842. The van der Waals surface area contributed by atoms with E-state index in [0.717, 1.165) is 31.9 Å². The third-order valence-corrected chi connectivity index (χ3v) is 4.05. The number of benzene rings is 1. The number of aliphatic hydroxyl groups is 1. The molecule has 0 bridgehead atoms. The van der Waals surface area contributed by atoms with Crippen molar-refractivity contribution in [1.82, 2.24) is 10.2 Å². The van der Waals surface area contributed by atoms with E-state index < -0.39 is 11.7 Å². The number of ether oxygens (including phenoxy) is 2. The predicted octanol–water partition coefficient (Wildman–Crippen LogP) is 0.483. The van der Waals surface area contributed by atoms with Crippen LogP contribution in [0.2, 0.25) is 0 Å². The molecule has 0 spiro atoms. The van der Waals surface area contributed by atoms with Crippen LogP contribution in [-0.4, -0.2) is 61.0 Å². The van der Waals surface area contributed by atoms with Crippen molar-refractivity contribution >= 4 is 0 Å². The molecule has 2 aliphatic rings. The Bertz CT molecular complexity index is 462. The average Bonchev–Trinajstić information content (AvgIpc) is 2.48. The van der Waals surface area contributed by atoms with Crippen molar-refractivity contribution in [3.05, 3.63) is 24.3 Å². The molecule has 1 aromatic rings. The second-order valence-corrected chi connectivity index (χ2v) is 5.72. The van der Waals surface area contributed by atoms with Crippen LogP contribution >= 0.6 is 0 Å². The lowest BCUT2D eigenvalue weighted by Gasteiger charge is -2.41. The summed E-state index contributed by atoms with van der Waals surface area (Å²) in [6.45, 7) is 6.78. The molecule has 1 saturated heterocycles. The minimum Gasteiger partial charge on any atom is -0.485 e. The fraction of sp³-hybridized carbons (Fsp3) is 0.600. The van der Waals surface area contributed by atoms with Gasteiger partial charge in [0, 0.05) is 32.7 Å². The number of hydrogen-bond acceptors (Lipinski definition) is 5. The first-order valence-corrected chi connectivity index (χ1v) is 7.19. The highest BCUT2D eigenvalue weighted by Crippen LogP contribution is 2.36. The average molecular weight is 278 g/mol. The SMILES string of the molecule is CC1(C(O)CN2CCNCC2)COc2ccccc2O1. The zero-order chi connectivity index (χ0) is 14.0. The van der Waals surface area contributed by atoms with E-state index in [2.05, 4.69) is 10.2 Å². The van der Waals surface area contributed by atoms with Gasteiger partial charge in [-0.25, -0.2) is 0 Å². The van der Waals surface area contributed by atoms with Gasteiger partial charge in [0.15, 0.2) is 17.1 Å². The molecule has 2 aliphatic heterocycles. The van der Waals surface area contributed by atoms with Crippen LogP contribution in [0.4, 0.5) is 0 Å². The Morgan fingerprint density at radius 1 is 1.30 bits per heavy atom. The molecule has 1 aromatic carbocycles. The lowest BCUT2D eigenvalue weighted by atomic mass is 9.98. The number of β-amino-alcohol motifs (C(OH)–C–C–N with tert-alkyl or cyclic N) is 1. The van der Waals surface area contributed by atoms with Crippen molar-refractivity contribution in [2.75, 3.05) is 39.3 Å². The molecule has 1 fully saturated rings. The Morgan fingerprint density at radius 3 is 2.75 bits per heavy atom. The molecule has 2 N–H and O–H groups in total. The number of rotatable bonds is 3. The number of hydrogen-bond donors (Lipinski definition) is 2.